The average Bonchev–Trinajstić information content (AvgIpc) is 3.10. The van der Waals surface area contributed by atoms with Gasteiger partial charge < -0.3 is 10.2 Å². The van der Waals surface area contributed by atoms with Crippen molar-refractivity contribution in [2.75, 3.05) is 26.7 Å². The molecular formula is C12H23ClN2O. The highest BCUT2D eigenvalue weighted by Crippen LogP contribution is 2.32. The van der Waals surface area contributed by atoms with Crippen LogP contribution in [0.2, 0.25) is 0 Å². The van der Waals surface area contributed by atoms with Crippen LogP contribution < -0.4 is 5.32 Å². The van der Waals surface area contributed by atoms with Crippen molar-refractivity contribution in [1.29, 1.82) is 0 Å². The van der Waals surface area contributed by atoms with E-state index in [0.29, 0.717) is 5.91 Å². The lowest BCUT2D eigenvalue weighted by Crippen LogP contribution is -2.41. The molecule has 0 spiro atoms. The smallest absolute Gasteiger partial charge is 0.226 e. The fourth-order valence-electron chi connectivity index (χ4n) is 2.27. The average molecular weight is 247 g/mol. The third-order valence-corrected chi connectivity index (χ3v) is 3.59. The minimum Gasteiger partial charge on any atom is -0.345 e. The molecule has 0 radical (unpaired) electrons. The van der Waals surface area contributed by atoms with Crippen LogP contribution in [0.25, 0.3) is 0 Å². The zero-order valence-corrected chi connectivity index (χ0v) is 10.9. The molecule has 1 N–H and O–H groups in total. The molecule has 0 aromatic heterocycles. The Kier molecular flexibility index (Phi) is 5.56. The molecule has 1 heterocycles. The van der Waals surface area contributed by atoms with Crippen molar-refractivity contribution in [2.24, 2.45) is 11.8 Å². The van der Waals surface area contributed by atoms with E-state index < -0.39 is 0 Å². The molecule has 1 saturated carbocycles. The summed E-state index contributed by atoms with van der Waals surface area (Å²) >= 11 is 0. The van der Waals surface area contributed by atoms with E-state index >= 15 is 0 Å². The van der Waals surface area contributed by atoms with E-state index in [1.165, 1.54) is 19.3 Å². The number of nitrogens with one attached hydrogen (secondary N) is 1. The molecular weight excluding hydrogens is 224 g/mol. The number of carbonyl (C=O) groups is 1. The molecule has 1 atom stereocenters. The van der Waals surface area contributed by atoms with Crippen LogP contribution in [0.1, 0.15) is 32.1 Å². The van der Waals surface area contributed by atoms with Gasteiger partial charge in [-0.05, 0) is 31.7 Å². The number of hydrogen-bond acceptors (Lipinski definition) is 2. The van der Waals surface area contributed by atoms with Gasteiger partial charge in [-0.25, -0.2) is 0 Å². The summed E-state index contributed by atoms with van der Waals surface area (Å²) in [6.45, 7) is 2.92. The lowest BCUT2D eigenvalue weighted by Gasteiger charge is -2.27. The Morgan fingerprint density at radius 2 is 2.12 bits per heavy atom. The predicted molar refractivity (Wildman–Crippen MR) is 67.8 cm³/mol. The number of piperidine rings is 1. The van der Waals surface area contributed by atoms with Crippen LogP contribution in [0.3, 0.4) is 0 Å². The Hall–Kier alpha value is -0.280. The van der Waals surface area contributed by atoms with Crippen molar-refractivity contribution >= 4 is 18.3 Å². The molecule has 16 heavy (non-hydrogen) atoms. The first kappa shape index (κ1) is 13.8. The van der Waals surface area contributed by atoms with Crippen molar-refractivity contribution < 1.29 is 4.79 Å². The largest absolute Gasteiger partial charge is 0.345 e. The highest BCUT2D eigenvalue weighted by Gasteiger charge is 2.26. The van der Waals surface area contributed by atoms with Gasteiger partial charge in [-0.3, -0.25) is 4.79 Å². The van der Waals surface area contributed by atoms with Crippen molar-refractivity contribution in [3.05, 3.63) is 0 Å². The second-order valence-corrected chi connectivity index (χ2v) is 5.04. The zero-order chi connectivity index (χ0) is 10.7. The Morgan fingerprint density at radius 3 is 2.69 bits per heavy atom. The summed E-state index contributed by atoms with van der Waals surface area (Å²) in [4.78, 5) is 14.0. The Balaban J connectivity index is 0.00000128. The SMILES string of the molecule is CN(CCC1CC1)C(=O)[C@@H]1CCCNC1.Cl. The van der Waals surface area contributed by atoms with Gasteiger partial charge >= 0.3 is 0 Å². The van der Waals surface area contributed by atoms with Crippen molar-refractivity contribution in [3.63, 3.8) is 0 Å². The molecule has 1 aliphatic heterocycles. The molecule has 1 aliphatic carbocycles. The van der Waals surface area contributed by atoms with Crippen LogP contribution in [0.5, 0.6) is 0 Å². The molecule has 0 unspecified atom stereocenters. The number of carbonyl (C=O) groups excluding carboxylic acids is 1. The third-order valence-electron chi connectivity index (χ3n) is 3.59. The first-order valence-corrected chi connectivity index (χ1v) is 6.23. The minimum atomic E-state index is 0. The van der Waals surface area contributed by atoms with Gasteiger partial charge in [-0.2, -0.15) is 0 Å². The fourth-order valence-corrected chi connectivity index (χ4v) is 2.27. The van der Waals surface area contributed by atoms with Crippen molar-refractivity contribution in [2.45, 2.75) is 32.1 Å². The summed E-state index contributed by atoms with van der Waals surface area (Å²) in [6, 6.07) is 0. The topological polar surface area (TPSA) is 32.3 Å². The van der Waals surface area contributed by atoms with Crippen molar-refractivity contribution in [1.82, 2.24) is 10.2 Å². The van der Waals surface area contributed by atoms with E-state index in [9.17, 15) is 4.79 Å². The maximum atomic E-state index is 12.0. The number of amides is 1. The summed E-state index contributed by atoms with van der Waals surface area (Å²) < 4.78 is 0. The summed E-state index contributed by atoms with van der Waals surface area (Å²) in [6.07, 6.45) is 6.19. The summed E-state index contributed by atoms with van der Waals surface area (Å²) in [7, 11) is 1.96. The monoisotopic (exact) mass is 246 g/mol. The Labute approximate surface area is 104 Å². The summed E-state index contributed by atoms with van der Waals surface area (Å²) in [5.74, 6) is 1.51. The number of rotatable bonds is 4. The highest BCUT2D eigenvalue weighted by molar-refractivity contribution is 5.85. The minimum absolute atomic E-state index is 0. The van der Waals surface area contributed by atoms with Crippen molar-refractivity contribution in [3.8, 4) is 0 Å². The van der Waals surface area contributed by atoms with Crippen LogP contribution in [-0.4, -0.2) is 37.5 Å². The molecule has 3 nitrogen and oxygen atoms in total. The quantitative estimate of drug-likeness (QED) is 0.819. The summed E-state index contributed by atoms with van der Waals surface area (Å²) in [5, 5.41) is 3.30. The van der Waals surface area contributed by atoms with E-state index in [2.05, 4.69) is 5.32 Å². The van der Waals surface area contributed by atoms with Gasteiger partial charge in [-0.15, -0.1) is 12.4 Å². The first-order chi connectivity index (χ1) is 7.27. The molecule has 2 aliphatic rings. The zero-order valence-electron chi connectivity index (χ0n) is 10.1. The molecule has 0 aromatic carbocycles. The normalized spacial score (nSPS) is 24.7. The number of hydrogen-bond donors (Lipinski definition) is 1. The third kappa shape index (κ3) is 3.95. The predicted octanol–water partition coefficient (Wildman–Crippen LogP) is 1.67. The molecule has 1 saturated heterocycles. The van der Waals surface area contributed by atoms with Crippen LogP contribution in [-0.2, 0) is 4.79 Å². The van der Waals surface area contributed by atoms with Crippen LogP contribution in [0.4, 0.5) is 0 Å². The molecule has 0 aromatic rings. The van der Waals surface area contributed by atoms with E-state index in [1.54, 1.807) is 0 Å². The molecule has 4 heteroatoms. The van der Waals surface area contributed by atoms with Gasteiger partial charge in [0, 0.05) is 20.1 Å². The highest BCUT2D eigenvalue weighted by atomic mass is 35.5. The lowest BCUT2D eigenvalue weighted by molar-refractivity contribution is -0.134. The lowest BCUT2D eigenvalue weighted by atomic mass is 9.98. The molecule has 2 fully saturated rings. The fraction of sp³-hybridized carbons (Fsp3) is 0.917. The molecule has 1 amide bonds. The molecule has 2 rings (SSSR count). The summed E-state index contributed by atoms with van der Waals surface area (Å²) in [5.41, 5.74) is 0. The van der Waals surface area contributed by atoms with E-state index in [1.807, 2.05) is 11.9 Å². The maximum absolute atomic E-state index is 12.0. The number of halogens is 1. The van der Waals surface area contributed by atoms with Gasteiger partial charge in [-0.1, -0.05) is 12.8 Å². The van der Waals surface area contributed by atoms with Crippen LogP contribution in [0, 0.1) is 11.8 Å². The standard InChI is InChI=1S/C12H22N2O.ClH/c1-14(8-6-10-4-5-10)12(15)11-3-2-7-13-9-11;/h10-11,13H,2-9H2,1H3;1H/t11-;/m1./s1. The van der Waals surface area contributed by atoms with E-state index in [4.69, 9.17) is 0 Å². The van der Waals surface area contributed by atoms with Gasteiger partial charge in [0.2, 0.25) is 5.91 Å². The van der Waals surface area contributed by atoms with E-state index in [-0.39, 0.29) is 18.3 Å². The molecule has 94 valence electrons. The first-order valence-electron chi connectivity index (χ1n) is 6.23. The number of nitrogens with zero attached hydrogens (tertiary/aromatic N) is 1. The van der Waals surface area contributed by atoms with Gasteiger partial charge in [0.1, 0.15) is 0 Å². The Morgan fingerprint density at radius 1 is 1.38 bits per heavy atom. The van der Waals surface area contributed by atoms with Gasteiger partial charge in [0.05, 0.1) is 5.92 Å². The van der Waals surface area contributed by atoms with E-state index in [0.717, 1.165) is 38.4 Å². The second kappa shape index (κ2) is 6.45. The van der Waals surface area contributed by atoms with Gasteiger partial charge in [0.25, 0.3) is 0 Å². The molecule has 0 bridgehead atoms. The Bertz CT molecular complexity index is 225. The van der Waals surface area contributed by atoms with Crippen LogP contribution >= 0.6 is 12.4 Å². The van der Waals surface area contributed by atoms with Gasteiger partial charge in [0.15, 0.2) is 0 Å². The maximum Gasteiger partial charge on any atom is 0.226 e. The van der Waals surface area contributed by atoms with Crippen LogP contribution in [0.15, 0.2) is 0 Å². The second-order valence-electron chi connectivity index (χ2n) is 5.04.